The monoisotopic (exact) mass is 289 g/mol. The van der Waals surface area contributed by atoms with Gasteiger partial charge in [-0.1, -0.05) is 18.7 Å². The van der Waals surface area contributed by atoms with E-state index in [0.717, 1.165) is 15.1 Å². The lowest BCUT2D eigenvalue weighted by atomic mass is 10.3. The molecule has 1 atom stereocenters. The third-order valence-corrected chi connectivity index (χ3v) is 3.80. The first-order valence-electron chi connectivity index (χ1n) is 4.56. The van der Waals surface area contributed by atoms with E-state index in [1.807, 2.05) is 19.9 Å². The molecule has 1 unspecified atom stereocenters. The first-order valence-corrected chi connectivity index (χ1v) is 6.23. The van der Waals surface area contributed by atoms with Crippen LogP contribution < -0.4 is 0 Å². The van der Waals surface area contributed by atoms with E-state index in [2.05, 4.69) is 20.9 Å². The number of hydrogen-bond donors (Lipinski definition) is 1. The number of hydrogen-bond acceptors (Lipinski definition) is 3. The summed E-state index contributed by atoms with van der Waals surface area (Å²) in [6.45, 7) is 3.79. The Morgan fingerprint density at radius 3 is 2.87 bits per heavy atom. The molecular weight excluding hydrogens is 278 g/mol. The summed E-state index contributed by atoms with van der Waals surface area (Å²) in [6, 6.07) is 1.93. The predicted octanol–water partition coefficient (Wildman–Crippen LogP) is 3.11. The Bertz CT molecular complexity index is 370. The quantitative estimate of drug-likeness (QED) is 0.866. The largest absolute Gasteiger partial charge is 0.480 e. The van der Waals surface area contributed by atoms with Crippen LogP contribution in [0, 0.1) is 6.92 Å². The zero-order chi connectivity index (χ0) is 11.4. The van der Waals surface area contributed by atoms with Gasteiger partial charge in [0.1, 0.15) is 5.25 Å². The standard InChI is InChI=1S/C10H12BrNO2S/c1-3-8(10(13)14)15-9-6(2)4-7(11)5-12-9/h4-5,8H,3H2,1-2H3,(H,13,14). The molecule has 0 aromatic carbocycles. The van der Waals surface area contributed by atoms with Crippen LogP contribution in [-0.2, 0) is 4.79 Å². The second-order valence-electron chi connectivity index (χ2n) is 3.13. The molecule has 0 amide bonds. The molecule has 5 heteroatoms. The van der Waals surface area contributed by atoms with Gasteiger partial charge in [0, 0.05) is 10.7 Å². The molecule has 0 radical (unpaired) electrons. The predicted molar refractivity (Wildman–Crippen MR) is 64.2 cm³/mol. The van der Waals surface area contributed by atoms with Crippen molar-refractivity contribution in [2.45, 2.75) is 30.5 Å². The first kappa shape index (κ1) is 12.5. The van der Waals surface area contributed by atoms with Crippen molar-refractivity contribution in [3.05, 3.63) is 22.3 Å². The highest BCUT2D eigenvalue weighted by molar-refractivity contribution is 9.10. The minimum atomic E-state index is -0.786. The van der Waals surface area contributed by atoms with Gasteiger partial charge in [-0.3, -0.25) is 4.79 Å². The van der Waals surface area contributed by atoms with Gasteiger partial charge in [0.25, 0.3) is 0 Å². The van der Waals surface area contributed by atoms with Gasteiger partial charge >= 0.3 is 5.97 Å². The lowest BCUT2D eigenvalue weighted by Gasteiger charge is -2.10. The number of pyridine rings is 1. The Morgan fingerprint density at radius 2 is 2.40 bits per heavy atom. The highest BCUT2D eigenvalue weighted by Gasteiger charge is 2.18. The van der Waals surface area contributed by atoms with E-state index in [-0.39, 0.29) is 0 Å². The van der Waals surface area contributed by atoms with Crippen molar-refractivity contribution >= 4 is 33.7 Å². The Labute approximate surface area is 101 Å². The Kier molecular flexibility index (Phi) is 4.60. The Hall–Kier alpha value is -0.550. The summed E-state index contributed by atoms with van der Waals surface area (Å²) in [7, 11) is 0. The maximum Gasteiger partial charge on any atom is 0.317 e. The van der Waals surface area contributed by atoms with E-state index >= 15 is 0 Å². The third kappa shape index (κ3) is 3.50. The van der Waals surface area contributed by atoms with E-state index in [0.29, 0.717) is 6.42 Å². The molecule has 0 aliphatic carbocycles. The van der Waals surface area contributed by atoms with Crippen molar-refractivity contribution in [1.82, 2.24) is 4.98 Å². The van der Waals surface area contributed by atoms with Crippen molar-refractivity contribution in [1.29, 1.82) is 0 Å². The van der Waals surface area contributed by atoms with Crippen LogP contribution in [-0.4, -0.2) is 21.3 Å². The molecule has 0 saturated heterocycles. The van der Waals surface area contributed by atoms with Gasteiger partial charge in [0.15, 0.2) is 0 Å². The fourth-order valence-electron chi connectivity index (χ4n) is 1.09. The summed E-state index contributed by atoms with van der Waals surface area (Å²) < 4.78 is 0.910. The van der Waals surface area contributed by atoms with Crippen LogP contribution >= 0.6 is 27.7 Å². The van der Waals surface area contributed by atoms with Gasteiger partial charge in [-0.2, -0.15) is 0 Å². The maximum absolute atomic E-state index is 10.9. The minimum Gasteiger partial charge on any atom is -0.480 e. The molecular formula is C10H12BrNO2S. The topological polar surface area (TPSA) is 50.2 Å². The molecule has 1 rings (SSSR count). The van der Waals surface area contributed by atoms with Gasteiger partial charge in [0.2, 0.25) is 0 Å². The van der Waals surface area contributed by atoms with E-state index in [9.17, 15) is 4.79 Å². The fourth-order valence-corrected chi connectivity index (χ4v) is 2.44. The number of halogens is 1. The van der Waals surface area contributed by atoms with Crippen molar-refractivity contribution in [3.63, 3.8) is 0 Å². The summed E-state index contributed by atoms with van der Waals surface area (Å²) in [5, 5.41) is 9.29. The number of aryl methyl sites for hydroxylation is 1. The smallest absolute Gasteiger partial charge is 0.317 e. The maximum atomic E-state index is 10.9. The van der Waals surface area contributed by atoms with Gasteiger partial charge in [-0.05, 0) is 40.9 Å². The van der Waals surface area contributed by atoms with Crippen LogP contribution in [0.25, 0.3) is 0 Å². The highest BCUT2D eigenvalue weighted by atomic mass is 79.9. The molecule has 3 nitrogen and oxygen atoms in total. The molecule has 15 heavy (non-hydrogen) atoms. The zero-order valence-corrected chi connectivity index (χ0v) is 10.9. The molecule has 0 aliphatic heterocycles. The number of nitrogens with zero attached hydrogens (tertiary/aromatic N) is 1. The average molecular weight is 290 g/mol. The van der Waals surface area contributed by atoms with Gasteiger partial charge in [-0.25, -0.2) is 4.98 Å². The second-order valence-corrected chi connectivity index (χ2v) is 5.24. The van der Waals surface area contributed by atoms with Gasteiger partial charge in [0.05, 0.1) is 5.03 Å². The highest BCUT2D eigenvalue weighted by Crippen LogP contribution is 2.27. The second kappa shape index (κ2) is 5.51. The average Bonchev–Trinajstić information content (AvgIpc) is 2.16. The number of thioether (sulfide) groups is 1. The van der Waals surface area contributed by atoms with Crippen LogP contribution in [0.3, 0.4) is 0 Å². The number of rotatable bonds is 4. The number of aliphatic carboxylic acids is 1. The van der Waals surface area contributed by atoms with Crippen molar-refractivity contribution in [3.8, 4) is 0 Å². The molecule has 0 saturated carbocycles. The van der Waals surface area contributed by atoms with Crippen molar-refractivity contribution in [2.75, 3.05) is 0 Å². The van der Waals surface area contributed by atoms with E-state index in [1.54, 1.807) is 6.20 Å². The van der Waals surface area contributed by atoms with Crippen LogP contribution in [0.2, 0.25) is 0 Å². The zero-order valence-electron chi connectivity index (χ0n) is 8.53. The molecule has 1 heterocycles. The minimum absolute atomic E-state index is 0.419. The Balaban J connectivity index is 2.84. The van der Waals surface area contributed by atoms with Crippen LogP contribution in [0.15, 0.2) is 21.8 Å². The molecule has 82 valence electrons. The summed E-state index contributed by atoms with van der Waals surface area (Å²) in [6.07, 6.45) is 2.28. The third-order valence-electron chi connectivity index (χ3n) is 1.90. The van der Waals surface area contributed by atoms with Crippen LogP contribution in [0.4, 0.5) is 0 Å². The van der Waals surface area contributed by atoms with Crippen LogP contribution in [0.5, 0.6) is 0 Å². The number of aromatic nitrogens is 1. The fraction of sp³-hybridized carbons (Fsp3) is 0.400. The number of carbonyl (C=O) groups is 1. The van der Waals surface area contributed by atoms with Gasteiger partial charge in [-0.15, -0.1) is 0 Å². The number of carboxylic acid groups (broad SMARTS) is 1. The Morgan fingerprint density at radius 1 is 1.73 bits per heavy atom. The normalized spacial score (nSPS) is 12.5. The molecule has 1 N–H and O–H groups in total. The van der Waals surface area contributed by atoms with E-state index < -0.39 is 11.2 Å². The molecule has 0 spiro atoms. The molecule has 0 bridgehead atoms. The van der Waals surface area contributed by atoms with Crippen molar-refractivity contribution in [2.24, 2.45) is 0 Å². The summed E-state index contributed by atoms with van der Waals surface area (Å²) in [4.78, 5) is 15.1. The number of carboxylic acids is 1. The molecule has 0 fully saturated rings. The summed E-state index contributed by atoms with van der Waals surface area (Å²) in [5.41, 5.74) is 0.995. The lowest BCUT2D eigenvalue weighted by molar-refractivity contribution is -0.136. The first-order chi connectivity index (χ1) is 7.04. The summed E-state index contributed by atoms with van der Waals surface area (Å²) >= 11 is 4.62. The SMILES string of the molecule is CCC(Sc1ncc(Br)cc1C)C(=O)O. The van der Waals surface area contributed by atoms with E-state index in [1.165, 1.54) is 11.8 Å². The van der Waals surface area contributed by atoms with Crippen LogP contribution in [0.1, 0.15) is 18.9 Å². The molecule has 1 aromatic rings. The van der Waals surface area contributed by atoms with Gasteiger partial charge < -0.3 is 5.11 Å². The van der Waals surface area contributed by atoms with E-state index in [4.69, 9.17) is 5.11 Å². The molecule has 0 aliphatic rings. The lowest BCUT2D eigenvalue weighted by Crippen LogP contribution is -2.15. The summed E-state index contributed by atoms with van der Waals surface area (Å²) in [5.74, 6) is -0.786. The van der Waals surface area contributed by atoms with Crippen molar-refractivity contribution < 1.29 is 9.90 Å². The molecule has 1 aromatic heterocycles.